The summed E-state index contributed by atoms with van der Waals surface area (Å²) in [7, 11) is 0. The molecule has 318 valence electrons. The molecule has 3 saturated heterocycles. The van der Waals surface area contributed by atoms with Gasteiger partial charge >= 0.3 is 0 Å². The van der Waals surface area contributed by atoms with Crippen LogP contribution < -0.4 is 20.7 Å². The fourth-order valence-corrected chi connectivity index (χ4v) is 9.25. The molecule has 18 heteroatoms. The number of aromatic nitrogens is 5. The van der Waals surface area contributed by atoms with Crippen molar-refractivity contribution < 1.29 is 33.5 Å². The number of anilines is 1. The first-order chi connectivity index (χ1) is 29.6. The lowest BCUT2D eigenvalue weighted by molar-refractivity contribution is -0.136. The van der Waals surface area contributed by atoms with E-state index in [1.54, 1.807) is 29.4 Å². The van der Waals surface area contributed by atoms with Crippen LogP contribution in [-0.4, -0.2) is 132 Å². The minimum absolute atomic E-state index is 0.0289. The summed E-state index contributed by atoms with van der Waals surface area (Å²) in [5.41, 5.74) is 2.93. The summed E-state index contributed by atoms with van der Waals surface area (Å²) in [5.74, 6) is -1.38. The van der Waals surface area contributed by atoms with Gasteiger partial charge in [-0.2, -0.15) is 0 Å². The second kappa shape index (κ2) is 17.0. The Labute approximate surface area is 351 Å². The molecule has 0 spiro atoms. The van der Waals surface area contributed by atoms with Gasteiger partial charge < -0.3 is 29.7 Å². The van der Waals surface area contributed by atoms with Gasteiger partial charge in [0.05, 0.1) is 17.5 Å². The molecule has 1 aliphatic carbocycles. The Balaban J connectivity index is 0.691. The maximum Gasteiger partial charge on any atom is 0.270 e. The number of hydrogen-bond donors (Lipinski definition) is 3. The summed E-state index contributed by atoms with van der Waals surface area (Å²) in [4.78, 5) is 99.8. The first-order valence-corrected chi connectivity index (χ1v) is 21.3. The highest BCUT2D eigenvalue weighted by Crippen LogP contribution is 2.36. The van der Waals surface area contributed by atoms with Crippen molar-refractivity contribution in [2.24, 2.45) is 5.92 Å². The number of piperidine rings is 3. The summed E-state index contributed by atoms with van der Waals surface area (Å²) in [5, 5.41) is 8.93. The second-order valence-corrected chi connectivity index (χ2v) is 16.8. The molecule has 5 aliphatic rings. The summed E-state index contributed by atoms with van der Waals surface area (Å²) in [6.07, 6.45) is 9.92. The van der Waals surface area contributed by atoms with Gasteiger partial charge in [-0.05, 0) is 95.0 Å². The van der Waals surface area contributed by atoms with Crippen molar-refractivity contribution in [2.45, 2.75) is 88.9 Å². The highest BCUT2D eigenvalue weighted by atomic mass is 16.5. The third-order valence-electron chi connectivity index (χ3n) is 12.9. The van der Waals surface area contributed by atoms with Gasteiger partial charge in [-0.15, -0.1) is 0 Å². The molecule has 4 aromatic rings. The van der Waals surface area contributed by atoms with Crippen molar-refractivity contribution in [3.8, 4) is 5.75 Å². The lowest BCUT2D eigenvalue weighted by atomic mass is 9.86. The number of ether oxygens (including phenoxy) is 1. The molecule has 3 N–H and O–H groups in total. The zero-order valence-electron chi connectivity index (χ0n) is 34.0. The number of carbonyl (C=O) groups excluding carboxylic acids is 6. The third-order valence-corrected chi connectivity index (χ3v) is 12.9. The zero-order valence-corrected chi connectivity index (χ0v) is 34.0. The molecule has 1 unspecified atom stereocenters. The average molecular weight is 832 g/mol. The molecule has 4 fully saturated rings. The molecule has 4 aliphatic heterocycles. The van der Waals surface area contributed by atoms with Crippen molar-refractivity contribution in [1.82, 2.24) is 49.8 Å². The molecule has 0 bridgehead atoms. The van der Waals surface area contributed by atoms with Gasteiger partial charge in [-0.25, -0.2) is 19.9 Å². The van der Waals surface area contributed by atoms with E-state index in [0.29, 0.717) is 24.7 Å². The van der Waals surface area contributed by atoms with Crippen LogP contribution in [0.3, 0.4) is 0 Å². The monoisotopic (exact) mass is 831 g/mol. The molecular formula is C43H49N11O7. The van der Waals surface area contributed by atoms with Gasteiger partial charge in [0.15, 0.2) is 18.1 Å². The molecule has 6 amide bonds. The average Bonchev–Trinajstić information content (AvgIpc) is 3.79. The molecule has 61 heavy (non-hydrogen) atoms. The van der Waals surface area contributed by atoms with E-state index in [1.165, 1.54) is 6.07 Å². The Morgan fingerprint density at radius 1 is 0.885 bits per heavy atom. The first-order valence-electron chi connectivity index (χ1n) is 21.3. The number of fused-ring (bicyclic) bond motifs is 2. The molecule has 9 rings (SSSR count). The van der Waals surface area contributed by atoms with E-state index in [2.05, 4.69) is 40.4 Å². The summed E-state index contributed by atoms with van der Waals surface area (Å²) >= 11 is 0. The Hall–Kier alpha value is -6.30. The smallest absolute Gasteiger partial charge is 0.270 e. The van der Waals surface area contributed by atoms with Crippen LogP contribution >= 0.6 is 0 Å². The number of nitrogens with one attached hydrogen (secondary N) is 3. The number of hydrogen-bond acceptors (Lipinski definition) is 13. The van der Waals surface area contributed by atoms with Crippen molar-refractivity contribution in [2.75, 3.05) is 44.6 Å². The van der Waals surface area contributed by atoms with Crippen LogP contribution in [0.15, 0.2) is 49.1 Å². The molecule has 3 aromatic heterocycles. The minimum Gasteiger partial charge on any atom is -0.483 e. The van der Waals surface area contributed by atoms with E-state index in [1.807, 2.05) is 25.4 Å². The third kappa shape index (κ3) is 8.28. The predicted molar refractivity (Wildman–Crippen MR) is 219 cm³/mol. The van der Waals surface area contributed by atoms with Crippen LogP contribution in [0.4, 0.5) is 5.82 Å². The van der Waals surface area contributed by atoms with Gasteiger partial charge in [0.1, 0.15) is 29.3 Å². The van der Waals surface area contributed by atoms with Crippen molar-refractivity contribution in [3.63, 3.8) is 0 Å². The standard InChI is InChI=1S/C43H49N11O7/c1-25-4-2-6-31(47-25)40(57)49-28-20-29(21-28)53-24-46-37-38(44-23-45-39(37)53)48-27-13-16-51(17-14-27)15-10-26-11-18-52(19-12-26)35(56)22-61-33-7-3-5-30-36(33)43(60)54(42(30)59)32-8-9-34(55)50-41(32)58/h2-7,23-24,26-29,32H,8-22H2,1H3,(H,49,57)(H,44,45,48)(H,50,55,58). The fourth-order valence-electron chi connectivity index (χ4n) is 9.25. The van der Waals surface area contributed by atoms with E-state index in [-0.39, 0.29) is 66.3 Å². The number of rotatable bonds is 12. The first kappa shape index (κ1) is 40.1. The van der Waals surface area contributed by atoms with Crippen LogP contribution in [-0.2, 0) is 14.4 Å². The number of nitrogens with zero attached hydrogens (tertiary/aromatic N) is 8. The Bertz CT molecular complexity index is 2380. The molecule has 1 aromatic carbocycles. The van der Waals surface area contributed by atoms with E-state index < -0.39 is 29.7 Å². The van der Waals surface area contributed by atoms with E-state index in [4.69, 9.17) is 9.72 Å². The highest BCUT2D eigenvalue weighted by molar-refractivity contribution is 6.24. The lowest BCUT2D eigenvalue weighted by Gasteiger charge is -2.36. The quantitative estimate of drug-likeness (QED) is 0.176. The Morgan fingerprint density at radius 2 is 1.67 bits per heavy atom. The van der Waals surface area contributed by atoms with Gasteiger partial charge in [0.2, 0.25) is 11.8 Å². The summed E-state index contributed by atoms with van der Waals surface area (Å²) in [6.45, 7) is 5.80. The minimum atomic E-state index is -1.08. The Morgan fingerprint density at radius 3 is 2.44 bits per heavy atom. The van der Waals surface area contributed by atoms with Crippen LogP contribution in [0, 0.1) is 12.8 Å². The van der Waals surface area contributed by atoms with Crippen molar-refractivity contribution in [3.05, 3.63) is 71.6 Å². The lowest BCUT2D eigenvalue weighted by Crippen LogP contribution is -2.54. The van der Waals surface area contributed by atoms with E-state index in [9.17, 15) is 28.8 Å². The van der Waals surface area contributed by atoms with Crippen LogP contribution in [0.1, 0.15) is 101 Å². The summed E-state index contributed by atoms with van der Waals surface area (Å²) in [6, 6.07) is 9.52. The normalized spacial score (nSPS) is 22.5. The van der Waals surface area contributed by atoms with Gasteiger partial charge in [-0.1, -0.05) is 12.1 Å². The van der Waals surface area contributed by atoms with Crippen LogP contribution in [0.2, 0.25) is 0 Å². The van der Waals surface area contributed by atoms with Crippen molar-refractivity contribution >= 4 is 52.4 Å². The molecule has 0 radical (unpaired) electrons. The number of imidazole rings is 1. The second-order valence-electron chi connectivity index (χ2n) is 16.8. The number of imide groups is 2. The number of carbonyl (C=O) groups is 6. The highest BCUT2D eigenvalue weighted by Gasteiger charge is 2.46. The molecule has 1 saturated carbocycles. The summed E-state index contributed by atoms with van der Waals surface area (Å²) < 4.78 is 7.94. The molecular weight excluding hydrogens is 783 g/mol. The SMILES string of the molecule is Cc1cccc(C(=O)NC2CC(n3cnc4c(NC5CCN(CCC6CCN(C(=O)COc7cccc8c7C(=O)N(C7CCC(=O)NC7=O)C8=O)CC6)CC5)ncnc43)C2)n1. The maximum atomic E-state index is 13.4. The Kier molecular flexibility index (Phi) is 11.2. The number of aryl methyl sites for hydroxylation is 1. The van der Waals surface area contributed by atoms with E-state index in [0.717, 1.165) is 92.2 Å². The van der Waals surface area contributed by atoms with Gasteiger partial charge in [0, 0.05) is 56.4 Å². The number of pyridine rings is 1. The molecule has 1 atom stereocenters. The topological polar surface area (TPSA) is 214 Å². The van der Waals surface area contributed by atoms with Gasteiger partial charge in [0.25, 0.3) is 23.6 Å². The fraction of sp³-hybridized carbons (Fsp3) is 0.488. The van der Waals surface area contributed by atoms with E-state index >= 15 is 0 Å². The van der Waals surface area contributed by atoms with Crippen molar-refractivity contribution in [1.29, 1.82) is 0 Å². The van der Waals surface area contributed by atoms with Gasteiger partial charge in [-0.3, -0.25) is 39.0 Å². The maximum absolute atomic E-state index is 13.4. The molecule has 7 heterocycles. The number of benzene rings is 1. The number of amides is 6. The molecule has 18 nitrogen and oxygen atoms in total. The van der Waals surface area contributed by atoms with Crippen LogP contribution in [0.25, 0.3) is 11.2 Å². The number of likely N-dealkylation sites (tertiary alicyclic amines) is 2. The largest absolute Gasteiger partial charge is 0.483 e. The zero-order chi connectivity index (χ0) is 42.2. The van der Waals surface area contributed by atoms with Crippen LogP contribution in [0.5, 0.6) is 5.75 Å². The predicted octanol–water partition coefficient (Wildman–Crippen LogP) is 2.65.